The van der Waals surface area contributed by atoms with Crippen LogP contribution in [0.3, 0.4) is 0 Å². The molecule has 1 rings (SSSR count). The normalized spacial score (nSPS) is 12.5. The van der Waals surface area contributed by atoms with Gasteiger partial charge < -0.3 is 14.6 Å². The van der Waals surface area contributed by atoms with E-state index >= 15 is 0 Å². The zero-order valence-electron chi connectivity index (χ0n) is 10.7. The Labute approximate surface area is 122 Å². The Kier molecular flexibility index (Phi) is 6.58. The average molecular weight is 307 g/mol. The number of halogens is 2. The van der Waals surface area contributed by atoms with Crippen LogP contribution in [0.15, 0.2) is 12.1 Å². The summed E-state index contributed by atoms with van der Waals surface area (Å²) in [6.07, 6.45) is -0.169. The van der Waals surface area contributed by atoms with Crippen LogP contribution in [-0.4, -0.2) is 36.8 Å². The minimum atomic E-state index is -0.798. The first-order valence-electron chi connectivity index (χ1n) is 5.80. The molecule has 1 unspecified atom stereocenters. The van der Waals surface area contributed by atoms with E-state index in [0.29, 0.717) is 11.3 Å². The molecule has 0 aliphatic rings. The highest BCUT2D eigenvalue weighted by Gasteiger charge is 2.13. The second-order valence-electron chi connectivity index (χ2n) is 4.27. The highest BCUT2D eigenvalue weighted by Crippen LogP contribution is 2.31. The fourth-order valence-electron chi connectivity index (χ4n) is 1.35. The summed E-state index contributed by atoms with van der Waals surface area (Å²) in [5.74, 6) is 0.213. The molecule has 0 saturated heterocycles. The van der Waals surface area contributed by atoms with E-state index in [4.69, 9.17) is 32.7 Å². The number of hydrogen-bond donors (Lipinski definition) is 1. The van der Waals surface area contributed by atoms with Gasteiger partial charge in [-0.3, -0.25) is 4.79 Å². The molecular formula is C13H16Cl2O4. The van der Waals surface area contributed by atoms with Gasteiger partial charge in [-0.1, -0.05) is 23.2 Å². The molecule has 0 fully saturated rings. The fraction of sp³-hybridized carbons (Fsp3) is 0.462. The lowest BCUT2D eigenvalue weighted by Crippen LogP contribution is -2.25. The van der Waals surface area contributed by atoms with Gasteiger partial charge in [-0.15, -0.1) is 0 Å². The number of aliphatic hydroxyl groups is 1. The predicted molar refractivity (Wildman–Crippen MR) is 74.4 cm³/mol. The van der Waals surface area contributed by atoms with Crippen LogP contribution in [0.1, 0.15) is 24.2 Å². The molecule has 0 aliphatic carbocycles. The molecule has 0 amide bonds. The van der Waals surface area contributed by atoms with Crippen molar-refractivity contribution >= 4 is 29.5 Å². The first kappa shape index (κ1) is 16.2. The Balaban J connectivity index is 2.64. The Bertz CT molecular complexity index is 435. The lowest BCUT2D eigenvalue weighted by Gasteiger charge is -2.16. The van der Waals surface area contributed by atoms with Crippen molar-refractivity contribution in [2.24, 2.45) is 0 Å². The number of aliphatic hydroxyl groups excluding tert-OH is 1. The molecule has 1 N–H and O–H groups in total. The molecule has 0 radical (unpaired) electrons. The monoisotopic (exact) mass is 306 g/mol. The summed E-state index contributed by atoms with van der Waals surface area (Å²) in [6.45, 7) is 3.87. The van der Waals surface area contributed by atoms with Crippen LogP contribution in [0.5, 0.6) is 5.75 Å². The second kappa shape index (κ2) is 7.70. The zero-order valence-corrected chi connectivity index (χ0v) is 12.2. The molecule has 1 aromatic carbocycles. The van der Waals surface area contributed by atoms with Gasteiger partial charge in [0.1, 0.15) is 18.5 Å². The largest absolute Gasteiger partial charge is 0.488 e. The van der Waals surface area contributed by atoms with Crippen LogP contribution in [0, 0.1) is 0 Å². The van der Waals surface area contributed by atoms with Gasteiger partial charge in [0, 0.05) is 5.02 Å². The van der Waals surface area contributed by atoms with E-state index in [1.54, 1.807) is 0 Å². The molecule has 1 aromatic rings. The lowest BCUT2D eigenvalue weighted by atomic mass is 10.2. The van der Waals surface area contributed by atoms with Crippen LogP contribution >= 0.6 is 23.2 Å². The van der Waals surface area contributed by atoms with Crippen molar-refractivity contribution in [2.75, 3.05) is 13.2 Å². The average Bonchev–Trinajstić information content (AvgIpc) is 2.34. The first-order chi connectivity index (χ1) is 8.93. The molecule has 0 heterocycles. The van der Waals surface area contributed by atoms with E-state index in [2.05, 4.69) is 0 Å². The maximum atomic E-state index is 10.9. The molecule has 106 valence electrons. The number of benzene rings is 1. The number of rotatable bonds is 7. The van der Waals surface area contributed by atoms with Gasteiger partial charge in [-0.25, -0.2) is 0 Å². The maximum Gasteiger partial charge on any atom is 0.153 e. The summed E-state index contributed by atoms with van der Waals surface area (Å²) in [5.41, 5.74) is 0.245. The van der Waals surface area contributed by atoms with Crippen LogP contribution in [0.25, 0.3) is 0 Å². The number of ether oxygens (including phenoxy) is 2. The van der Waals surface area contributed by atoms with Crippen molar-refractivity contribution in [3.8, 4) is 5.75 Å². The van der Waals surface area contributed by atoms with Crippen molar-refractivity contribution in [3.63, 3.8) is 0 Å². The van der Waals surface area contributed by atoms with Crippen LogP contribution in [0.2, 0.25) is 10.0 Å². The van der Waals surface area contributed by atoms with Gasteiger partial charge in [0.05, 0.1) is 23.3 Å². The molecule has 0 aromatic heterocycles. The minimum absolute atomic E-state index is 0.0189. The summed E-state index contributed by atoms with van der Waals surface area (Å²) in [4.78, 5) is 10.9. The molecular weight excluding hydrogens is 291 g/mol. The molecule has 0 aliphatic heterocycles. The van der Waals surface area contributed by atoms with E-state index in [9.17, 15) is 9.90 Å². The molecule has 6 heteroatoms. The van der Waals surface area contributed by atoms with Gasteiger partial charge in [-0.05, 0) is 26.0 Å². The third-order valence-corrected chi connectivity index (χ3v) is 2.71. The molecule has 19 heavy (non-hydrogen) atoms. The van der Waals surface area contributed by atoms with E-state index in [1.807, 2.05) is 13.8 Å². The van der Waals surface area contributed by atoms with Crippen LogP contribution in [0.4, 0.5) is 0 Å². The van der Waals surface area contributed by atoms with Crippen LogP contribution < -0.4 is 4.74 Å². The Hall–Kier alpha value is -0.810. The molecule has 1 atom stereocenters. The summed E-state index contributed by atoms with van der Waals surface area (Å²) in [6, 6.07) is 2.93. The van der Waals surface area contributed by atoms with Crippen molar-refractivity contribution in [2.45, 2.75) is 26.1 Å². The van der Waals surface area contributed by atoms with Crippen molar-refractivity contribution in [1.29, 1.82) is 0 Å². The topological polar surface area (TPSA) is 55.8 Å². The van der Waals surface area contributed by atoms with E-state index in [0.717, 1.165) is 0 Å². The Morgan fingerprint density at radius 2 is 2.00 bits per heavy atom. The molecule has 0 bridgehead atoms. The highest BCUT2D eigenvalue weighted by molar-refractivity contribution is 6.36. The number of hydrogen-bond acceptors (Lipinski definition) is 4. The van der Waals surface area contributed by atoms with Crippen molar-refractivity contribution < 1.29 is 19.4 Å². The Morgan fingerprint density at radius 3 is 2.58 bits per heavy atom. The SMILES string of the molecule is CC(C)OCC(O)COc1c(Cl)cc(Cl)cc1C=O. The number of aldehydes is 1. The van der Waals surface area contributed by atoms with Gasteiger partial charge in [0.25, 0.3) is 0 Å². The van der Waals surface area contributed by atoms with Gasteiger partial charge in [0.15, 0.2) is 6.29 Å². The van der Waals surface area contributed by atoms with E-state index in [1.165, 1.54) is 12.1 Å². The number of carbonyl (C=O) groups is 1. The summed E-state index contributed by atoms with van der Waals surface area (Å²) in [5, 5.41) is 10.2. The van der Waals surface area contributed by atoms with Crippen molar-refractivity contribution in [3.05, 3.63) is 27.7 Å². The lowest BCUT2D eigenvalue weighted by molar-refractivity contribution is -0.0123. The molecule has 0 saturated carbocycles. The molecule has 4 nitrogen and oxygen atoms in total. The smallest absolute Gasteiger partial charge is 0.153 e. The third kappa shape index (κ3) is 5.37. The Morgan fingerprint density at radius 1 is 1.32 bits per heavy atom. The fourth-order valence-corrected chi connectivity index (χ4v) is 1.91. The molecule has 0 spiro atoms. The van der Waals surface area contributed by atoms with Crippen LogP contribution in [-0.2, 0) is 4.74 Å². The van der Waals surface area contributed by atoms with Crippen molar-refractivity contribution in [1.82, 2.24) is 0 Å². The van der Waals surface area contributed by atoms with E-state index < -0.39 is 6.10 Å². The summed E-state index contributed by atoms with van der Waals surface area (Å²) in [7, 11) is 0. The standard InChI is InChI=1S/C13H16Cl2O4/c1-8(2)18-6-11(17)7-19-13-9(5-16)3-10(14)4-12(13)15/h3-5,8,11,17H,6-7H2,1-2H3. The van der Waals surface area contributed by atoms with Gasteiger partial charge >= 0.3 is 0 Å². The summed E-state index contributed by atoms with van der Waals surface area (Å²) >= 11 is 11.7. The zero-order chi connectivity index (χ0) is 14.4. The third-order valence-electron chi connectivity index (χ3n) is 2.21. The van der Waals surface area contributed by atoms with E-state index in [-0.39, 0.29) is 35.7 Å². The quantitative estimate of drug-likeness (QED) is 0.787. The van der Waals surface area contributed by atoms with Gasteiger partial charge in [0.2, 0.25) is 0 Å². The summed E-state index contributed by atoms with van der Waals surface area (Å²) < 4.78 is 10.6. The second-order valence-corrected chi connectivity index (χ2v) is 5.11. The highest BCUT2D eigenvalue weighted by atomic mass is 35.5. The number of carbonyl (C=O) groups excluding carboxylic acids is 1. The first-order valence-corrected chi connectivity index (χ1v) is 6.56. The minimum Gasteiger partial charge on any atom is -0.488 e. The predicted octanol–water partition coefficient (Wildman–Crippen LogP) is 2.97. The van der Waals surface area contributed by atoms with Gasteiger partial charge in [-0.2, -0.15) is 0 Å². The maximum absolute atomic E-state index is 10.9.